The molecule has 0 aliphatic carbocycles. The Kier molecular flexibility index (Phi) is 14.6. The van der Waals surface area contributed by atoms with Crippen molar-refractivity contribution in [2.24, 2.45) is 9.98 Å². The molecule has 1 atom stereocenters. The number of fused-ring (bicyclic) bond motifs is 4. The smallest absolute Gasteiger partial charge is 0.251 e. The molecule has 2 N–H and O–H groups in total. The molecule has 0 bridgehead atoms. The van der Waals surface area contributed by atoms with E-state index in [1.165, 1.54) is 11.6 Å². The van der Waals surface area contributed by atoms with Crippen molar-refractivity contribution in [2.75, 3.05) is 13.1 Å². The quantitative estimate of drug-likeness (QED) is 0.143. The topological polar surface area (TPSA) is 82.9 Å². The predicted octanol–water partition coefficient (Wildman–Crippen LogP) is 14.6. The fourth-order valence-electron chi connectivity index (χ4n) is 7.77. The molecule has 11 heteroatoms. The third kappa shape index (κ3) is 11.0. The van der Waals surface area contributed by atoms with E-state index in [0.717, 1.165) is 59.7 Å². The molecule has 0 spiro atoms. The second-order valence-corrected chi connectivity index (χ2v) is 19.2. The van der Waals surface area contributed by atoms with Crippen LogP contribution in [-0.4, -0.2) is 36.3 Å². The first kappa shape index (κ1) is 46.4. The average molecular weight is 970 g/mol. The number of carbonyl (C=O) groups is 2. The van der Waals surface area contributed by atoms with Crippen molar-refractivity contribution in [3.05, 3.63) is 248 Å². The van der Waals surface area contributed by atoms with Crippen LogP contribution in [0.15, 0.2) is 218 Å². The van der Waals surface area contributed by atoms with Crippen molar-refractivity contribution in [2.45, 2.75) is 38.8 Å². The first-order valence-corrected chi connectivity index (χ1v) is 24.4. The highest BCUT2D eigenvalue weighted by Gasteiger charge is 2.23. The summed E-state index contributed by atoms with van der Waals surface area (Å²) < 4.78 is 14.7. The summed E-state index contributed by atoms with van der Waals surface area (Å²) in [5.74, 6) is -0.401. The molecule has 2 heterocycles. The van der Waals surface area contributed by atoms with Gasteiger partial charge in [0.05, 0.1) is 22.8 Å². The third-order valence-corrected chi connectivity index (χ3v) is 14.2. The van der Waals surface area contributed by atoms with Crippen molar-refractivity contribution in [1.82, 2.24) is 10.6 Å². The first-order valence-electron chi connectivity index (χ1n) is 22.0. The molecule has 10 rings (SSSR count). The molecule has 0 radical (unpaired) electrons. The number of nitrogens with one attached hydrogen (secondary N) is 2. The van der Waals surface area contributed by atoms with E-state index in [1.54, 1.807) is 47.8 Å². The van der Waals surface area contributed by atoms with Crippen molar-refractivity contribution in [1.29, 1.82) is 0 Å². The molecule has 0 fully saturated rings. The molecule has 2 aliphatic rings. The Morgan fingerprint density at radius 3 is 1.65 bits per heavy atom. The van der Waals surface area contributed by atoms with E-state index in [-0.39, 0.29) is 23.5 Å². The van der Waals surface area contributed by atoms with Crippen molar-refractivity contribution < 1.29 is 14.0 Å². The van der Waals surface area contributed by atoms with Crippen molar-refractivity contribution in [3.63, 3.8) is 0 Å². The summed E-state index contributed by atoms with van der Waals surface area (Å²) in [7, 11) is 0. The predicted molar refractivity (Wildman–Crippen MR) is 277 cm³/mol. The standard InChI is InChI=1S/C29H23FN2OS.C28H20Cl2N2OS/c1-19(20-9-3-2-4-10-20)18-31-29(33)21-15-16-27-25(17-21)32-28(22-11-5-7-13-24(22)30)23-12-6-8-14-26(23)34-27;29-21-10-5-18(6-11-21)15-16-31-28(33)20-9-14-26-24(17-20)32-27(19-7-12-22(30)13-8-19)23-3-1-2-4-25(23)34-26/h2-17,19H,18H2,1H3,(H,31,33);1-14,17H,15-16H2,(H,31,33). The summed E-state index contributed by atoms with van der Waals surface area (Å²) in [6.07, 6.45) is 0.734. The van der Waals surface area contributed by atoms with Gasteiger partial charge in [-0.3, -0.25) is 9.59 Å². The van der Waals surface area contributed by atoms with Crippen molar-refractivity contribution in [3.8, 4) is 0 Å². The molecule has 336 valence electrons. The molecule has 2 aliphatic heterocycles. The van der Waals surface area contributed by atoms with Gasteiger partial charge in [-0.2, -0.15) is 0 Å². The number of carbonyl (C=O) groups excluding carboxylic acids is 2. The lowest BCUT2D eigenvalue weighted by Gasteiger charge is -2.13. The Bertz CT molecular complexity index is 3200. The highest BCUT2D eigenvalue weighted by Crippen LogP contribution is 2.43. The largest absolute Gasteiger partial charge is 0.352 e. The molecule has 0 aromatic heterocycles. The minimum absolute atomic E-state index is 0.119. The summed E-state index contributed by atoms with van der Waals surface area (Å²) in [5.41, 5.74) is 9.61. The number of aliphatic imine (C=N–C) groups is 2. The van der Waals surface area contributed by atoms with Crippen molar-refractivity contribution >= 4 is 81.3 Å². The monoisotopic (exact) mass is 968 g/mol. The number of halogens is 3. The van der Waals surface area contributed by atoms with Crippen LogP contribution in [0, 0.1) is 5.82 Å². The maximum absolute atomic E-state index is 14.7. The Morgan fingerprint density at radius 1 is 0.544 bits per heavy atom. The molecule has 8 aromatic carbocycles. The van der Waals surface area contributed by atoms with Gasteiger partial charge in [-0.15, -0.1) is 0 Å². The minimum Gasteiger partial charge on any atom is -0.352 e. The second-order valence-electron chi connectivity index (χ2n) is 16.1. The summed E-state index contributed by atoms with van der Waals surface area (Å²) in [5, 5.41) is 7.43. The van der Waals surface area contributed by atoms with Crippen LogP contribution in [0.25, 0.3) is 0 Å². The molecule has 68 heavy (non-hydrogen) atoms. The van der Waals surface area contributed by atoms with Gasteiger partial charge in [-0.1, -0.05) is 157 Å². The van der Waals surface area contributed by atoms with Crippen LogP contribution >= 0.6 is 46.7 Å². The van der Waals surface area contributed by atoms with Crippen LogP contribution in [0.4, 0.5) is 15.8 Å². The molecular weight excluding hydrogens is 927 g/mol. The highest BCUT2D eigenvalue weighted by atomic mass is 35.5. The lowest BCUT2D eigenvalue weighted by atomic mass is 10.0. The van der Waals surface area contributed by atoms with E-state index in [1.807, 2.05) is 133 Å². The van der Waals surface area contributed by atoms with Gasteiger partial charge in [0.25, 0.3) is 11.8 Å². The number of hydrogen-bond donors (Lipinski definition) is 2. The zero-order valence-corrected chi connectivity index (χ0v) is 39.9. The Balaban J connectivity index is 0.000000170. The summed E-state index contributed by atoms with van der Waals surface area (Å²) >= 11 is 15.3. The minimum atomic E-state index is -0.326. The molecule has 6 nitrogen and oxygen atoms in total. The fourth-order valence-corrected chi connectivity index (χ4v) is 10.0. The second kappa shape index (κ2) is 21.5. The SMILES string of the molecule is CC(CNC(=O)c1ccc2c(c1)N=C(c1ccccc1F)c1ccccc1S2)c1ccccc1.O=C(NCCc1ccc(Cl)cc1)c1ccc2c(c1)N=C(c1ccc(Cl)cc1)c1ccccc1S2. The van der Waals surface area contributed by atoms with Crippen LogP contribution in [-0.2, 0) is 6.42 Å². The van der Waals surface area contributed by atoms with Gasteiger partial charge in [0, 0.05) is 76.1 Å². The zero-order valence-electron chi connectivity index (χ0n) is 36.8. The maximum atomic E-state index is 14.7. The van der Waals surface area contributed by atoms with Gasteiger partial charge in [0.1, 0.15) is 5.82 Å². The summed E-state index contributed by atoms with van der Waals surface area (Å²) in [6.45, 7) is 3.16. The third-order valence-electron chi connectivity index (χ3n) is 11.4. The van der Waals surface area contributed by atoms with E-state index >= 15 is 0 Å². The lowest BCUT2D eigenvalue weighted by molar-refractivity contribution is 0.0944. The van der Waals surface area contributed by atoms with Crippen LogP contribution in [0.2, 0.25) is 10.0 Å². The van der Waals surface area contributed by atoms with Gasteiger partial charge < -0.3 is 10.6 Å². The normalized spacial score (nSPS) is 12.7. The van der Waals surface area contributed by atoms with Gasteiger partial charge in [0.2, 0.25) is 0 Å². The lowest BCUT2D eigenvalue weighted by Crippen LogP contribution is -2.27. The van der Waals surface area contributed by atoms with Crippen LogP contribution in [0.1, 0.15) is 66.9 Å². The number of rotatable bonds is 10. The number of nitrogens with zero attached hydrogens (tertiary/aromatic N) is 2. The van der Waals surface area contributed by atoms with Crippen LogP contribution < -0.4 is 10.6 Å². The van der Waals surface area contributed by atoms with Gasteiger partial charge >= 0.3 is 0 Å². The molecule has 1 unspecified atom stereocenters. The van der Waals surface area contributed by atoms with E-state index in [2.05, 4.69) is 41.8 Å². The fraction of sp³-hybridized carbons (Fsp3) is 0.0877. The number of hydrogen-bond acceptors (Lipinski definition) is 6. The Hall–Kier alpha value is -6.75. The Labute approximate surface area is 413 Å². The zero-order chi connectivity index (χ0) is 47.0. The van der Waals surface area contributed by atoms with Crippen LogP contribution in [0.5, 0.6) is 0 Å². The first-order chi connectivity index (χ1) is 33.2. The highest BCUT2D eigenvalue weighted by molar-refractivity contribution is 7.99. The van der Waals surface area contributed by atoms with E-state index in [0.29, 0.717) is 51.2 Å². The van der Waals surface area contributed by atoms with Gasteiger partial charge in [-0.05, 0) is 108 Å². The van der Waals surface area contributed by atoms with Gasteiger partial charge in [0.15, 0.2) is 0 Å². The summed E-state index contributed by atoms with van der Waals surface area (Å²) in [4.78, 5) is 39.8. The van der Waals surface area contributed by atoms with E-state index < -0.39 is 0 Å². The number of benzene rings is 8. The van der Waals surface area contributed by atoms with Crippen LogP contribution in [0.3, 0.4) is 0 Å². The average Bonchev–Trinajstić information content (AvgIpc) is 3.64. The maximum Gasteiger partial charge on any atom is 0.251 e. The Morgan fingerprint density at radius 2 is 1.04 bits per heavy atom. The van der Waals surface area contributed by atoms with E-state index in [9.17, 15) is 14.0 Å². The van der Waals surface area contributed by atoms with Gasteiger partial charge in [-0.25, -0.2) is 14.4 Å². The molecule has 0 saturated carbocycles. The molecule has 8 aromatic rings. The molecular formula is C57H43Cl2FN4O2S2. The molecule has 2 amide bonds. The van der Waals surface area contributed by atoms with E-state index in [4.69, 9.17) is 33.2 Å². The summed E-state index contributed by atoms with van der Waals surface area (Å²) in [6, 6.07) is 59.4. The molecule has 0 saturated heterocycles. The number of amides is 2.